The van der Waals surface area contributed by atoms with Crippen LogP contribution in [0.4, 0.5) is 23.5 Å². The zero-order valence-electron chi connectivity index (χ0n) is 50.0. The van der Waals surface area contributed by atoms with E-state index in [2.05, 4.69) is 91.3 Å². The highest BCUT2D eigenvalue weighted by atomic mass is 16.2. The molecule has 29 nitrogen and oxygen atoms in total. The van der Waals surface area contributed by atoms with Crippen molar-refractivity contribution in [2.45, 2.75) is 165 Å². The number of aromatic nitrogens is 19. The highest BCUT2D eigenvalue weighted by Gasteiger charge is 2.23. The van der Waals surface area contributed by atoms with Crippen LogP contribution in [0.3, 0.4) is 0 Å². The van der Waals surface area contributed by atoms with Gasteiger partial charge in [-0.15, -0.1) is 5.10 Å². The first-order chi connectivity index (χ1) is 37.1. The predicted molar refractivity (Wildman–Crippen MR) is 314 cm³/mol. The second kappa shape index (κ2) is 24.5. The minimum Gasteiger partial charge on any atom is -0.383 e. The second-order valence-electron chi connectivity index (χ2n) is 24.4. The standard InChI is InChI=1S/C10H15N5.C9H13N5O.C9H14N2O2.C8H12N6.C8H13N3O.C8H12N2O2/c1-10(2,3)7-5-14-15-8(7)12-6-13-9(15)11-4;1-9(2,3)14-4-11-5-6(14)12-8(10)13-7(5)15;1-6-5-11(9(2,3)4)8(13)10-7(6)12;1-8(2,3)14-7-5(12-13-14)6(9)10-4-11-7;1-8(2,3)11-5-4-6(9)10-7(11)12;1-8(2,3)10-5-4-6(11)9-7(10)12/h5-6H,1-4H3,(H,11,12,13);4H,1-3H3,(H3,10,12,13,15);5H,1-4H3,(H,10,12,13);4H,1-3H3,(H2,9,10,11);4-5H,1-3H3,(H2,9,10,12);4-5H,1-3H3,(H,9,11,12). The summed E-state index contributed by atoms with van der Waals surface area (Å²) in [5.74, 6) is 1.44. The number of rotatable bonds is 1. The number of hydrogen-bond donors (Lipinski definition) is 7. The molecule has 0 bridgehead atoms. The normalized spacial score (nSPS) is 11.9. The van der Waals surface area contributed by atoms with E-state index in [1.54, 1.807) is 51.8 Å². The first kappa shape index (κ1) is 64.3. The Balaban J connectivity index is 0.000000210. The molecule has 0 aliphatic heterocycles. The molecular weight excluding hydrogens is 1040 g/mol. The van der Waals surface area contributed by atoms with Crippen molar-refractivity contribution in [3.63, 3.8) is 0 Å². The minimum absolute atomic E-state index is 0.0428. The summed E-state index contributed by atoms with van der Waals surface area (Å²) in [6, 6.07) is 2.96. The first-order valence-corrected chi connectivity index (χ1v) is 25.5. The summed E-state index contributed by atoms with van der Waals surface area (Å²) in [6.45, 7) is 37.4. The average Bonchev–Trinajstić information content (AvgIpc) is 4.30. The summed E-state index contributed by atoms with van der Waals surface area (Å²) in [5, 5.41) is 15.2. The molecule has 0 aliphatic rings. The zero-order valence-corrected chi connectivity index (χ0v) is 50.0. The van der Waals surface area contributed by atoms with Crippen molar-refractivity contribution in [3.8, 4) is 0 Å². The number of aromatic amines is 3. The summed E-state index contributed by atoms with van der Waals surface area (Å²) in [7, 11) is 1.82. The molecule has 9 heterocycles. The molecule has 0 spiro atoms. The Bertz CT molecular complexity index is 3980. The number of H-pyrrole nitrogens is 3. The number of hydrogen-bond acceptors (Lipinski definition) is 20. The third-order valence-electron chi connectivity index (χ3n) is 11.3. The Morgan fingerprint density at radius 3 is 1.64 bits per heavy atom. The predicted octanol–water partition coefficient (Wildman–Crippen LogP) is 3.95. The second-order valence-corrected chi connectivity index (χ2v) is 24.4. The molecule has 9 aromatic rings. The molecule has 0 unspecified atom stereocenters. The molecule has 81 heavy (non-hydrogen) atoms. The van der Waals surface area contributed by atoms with Crippen LogP contribution in [0.1, 0.15) is 136 Å². The number of nitrogens with one attached hydrogen (secondary N) is 4. The van der Waals surface area contributed by atoms with Gasteiger partial charge in [0.25, 0.3) is 16.7 Å². The molecule has 0 saturated carbocycles. The molecule has 0 aromatic carbocycles. The van der Waals surface area contributed by atoms with Crippen molar-refractivity contribution in [1.29, 1.82) is 0 Å². The van der Waals surface area contributed by atoms with Crippen molar-refractivity contribution >= 4 is 51.5 Å². The van der Waals surface area contributed by atoms with Crippen LogP contribution >= 0.6 is 0 Å². The van der Waals surface area contributed by atoms with E-state index in [1.165, 1.54) is 27.7 Å². The fourth-order valence-corrected chi connectivity index (χ4v) is 7.09. The van der Waals surface area contributed by atoms with Gasteiger partial charge in [0.1, 0.15) is 18.5 Å². The summed E-state index contributed by atoms with van der Waals surface area (Å²) in [5.41, 5.74) is 18.0. The number of aryl methyl sites for hydroxylation is 1. The van der Waals surface area contributed by atoms with E-state index < -0.39 is 0 Å². The van der Waals surface area contributed by atoms with Crippen LogP contribution in [0, 0.1) is 6.92 Å². The molecule has 29 heteroatoms. The van der Waals surface area contributed by atoms with Gasteiger partial charge in [-0.25, -0.2) is 44.0 Å². The average molecular weight is 1120 g/mol. The fraction of sp³-hybridized carbons (Fsp3) is 0.500. The number of nitrogens with two attached hydrogens (primary N) is 3. The zero-order chi connectivity index (χ0) is 61.5. The van der Waals surface area contributed by atoms with Crippen molar-refractivity contribution in [2.24, 2.45) is 0 Å². The Labute approximate surface area is 466 Å². The molecule has 10 N–H and O–H groups in total. The van der Waals surface area contributed by atoms with E-state index in [9.17, 15) is 28.8 Å². The molecule has 0 aliphatic carbocycles. The van der Waals surface area contributed by atoms with Crippen molar-refractivity contribution in [3.05, 3.63) is 130 Å². The lowest BCUT2D eigenvalue weighted by molar-refractivity contribution is 0.356. The number of anilines is 4. The minimum atomic E-state index is -0.366. The summed E-state index contributed by atoms with van der Waals surface area (Å²) in [4.78, 5) is 102. The van der Waals surface area contributed by atoms with E-state index in [0.29, 0.717) is 39.7 Å². The highest BCUT2D eigenvalue weighted by Crippen LogP contribution is 2.26. The van der Waals surface area contributed by atoms with Crippen LogP contribution in [-0.4, -0.2) is 99.8 Å². The highest BCUT2D eigenvalue weighted by molar-refractivity contribution is 5.80. The van der Waals surface area contributed by atoms with Crippen LogP contribution in [0.25, 0.3) is 28.0 Å². The molecule has 0 amide bonds. The lowest BCUT2D eigenvalue weighted by Gasteiger charge is -2.21. The third kappa shape index (κ3) is 16.7. The van der Waals surface area contributed by atoms with E-state index >= 15 is 0 Å². The Kier molecular flexibility index (Phi) is 19.4. The molecule has 0 saturated heterocycles. The van der Waals surface area contributed by atoms with Gasteiger partial charge in [-0.2, -0.15) is 19.6 Å². The van der Waals surface area contributed by atoms with E-state index in [0.717, 1.165) is 11.2 Å². The van der Waals surface area contributed by atoms with Gasteiger partial charge >= 0.3 is 17.1 Å². The number of imidazole rings is 1. The Morgan fingerprint density at radius 2 is 1.11 bits per heavy atom. The first-order valence-electron chi connectivity index (χ1n) is 25.5. The van der Waals surface area contributed by atoms with Gasteiger partial charge in [0, 0.05) is 65.0 Å². The van der Waals surface area contributed by atoms with Gasteiger partial charge < -0.3 is 27.1 Å². The van der Waals surface area contributed by atoms with Crippen LogP contribution < -0.4 is 56.3 Å². The molecule has 9 aromatic heterocycles. The lowest BCUT2D eigenvalue weighted by Crippen LogP contribution is -2.39. The van der Waals surface area contributed by atoms with Crippen LogP contribution in [0.15, 0.2) is 84.7 Å². The van der Waals surface area contributed by atoms with Gasteiger partial charge in [0.05, 0.1) is 18.1 Å². The largest absolute Gasteiger partial charge is 0.383 e. The molecule has 438 valence electrons. The quantitative estimate of drug-likeness (QED) is 0.122. The Hall–Kier alpha value is -9.18. The SMILES string of the molecule is CC(C)(C)n1ccc(=O)[nH]c1=O.CC(C)(C)n1ccc(N)nc1=O.CC(C)(C)n1cnc2c(=O)[nH]c(N)nc21.CC(C)(C)n1nnc2c(N)ncnc21.CNc1ncnc2c(C(C)(C)C)cnn12.Cc1cn(C(C)(C)C)c(=O)[nH]c1=O. The van der Waals surface area contributed by atoms with E-state index in [-0.39, 0.29) is 78.6 Å². The number of nitrogen functional groups attached to an aromatic ring is 3. The fourth-order valence-electron chi connectivity index (χ4n) is 7.09. The van der Waals surface area contributed by atoms with Crippen molar-refractivity contribution < 1.29 is 0 Å². The maximum atomic E-state index is 11.5. The Morgan fingerprint density at radius 1 is 0.556 bits per heavy atom. The number of nitrogens with zero attached hydrogens (tertiary/aromatic N) is 16. The monoisotopic (exact) mass is 1120 g/mol. The van der Waals surface area contributed by atoms with Gasteiger partial charge in [-0.1, -0.05) is 26.0 Å². The maximum absolute atomic E-state index is 11.5. The third-order valence-corrected chi connectivity index (χ3v) is 11.3. The van der Waals surface area contributed by atoms with Crippen molar-refractivity contribution in [2.75, 3.05) is 29.6 Å². The van der Waals surface area contributed by atoms with Crippen molar-refractivity contribution in [1.82, 2.24) is 92.7 Å². The molecule has 0 fully saturated rings. The van der Waals surface area contributed by atoms with Gasteiger partial charge in [0.15, 0.2) is 33.8 Å². The smallest absolute Gasteiger partial charge is 0.349 e. The molecule has 0 atom stereocenters. The molecule has 0 radical (unpaired) electrons. The van der Waals surface area contributed by atoms with Crippen LogP contribution in [0.2, 0.25) is 0 Å². The van der Waals surface area contributed by atoms with E-state index in [1.807, 2.05) is 122 Å². The van der Waals surface area contributed by atoms with Crippen LogP contribution in [0.5, 0.6) is 0 Å². The summed E-state index contributed by atoms with van der Waals surface area (Å²) < 4.78 is 9.83. The maximum Gasteiger partial charge on any atom is 0.349 e. The summed E-state index contributed by atoms with van der Waals surface area (Å²) in [6.07, 6.45) is 11.2. The summed E-state index contributed by atoms with van der Waals surface area (Å²) >= 11 is 0. The lowest BCUT2D eigenvalue weighted by atomic mass is 9.89. The molecule has 9 rings (SSSR count). The molecular formula is C52H79N23O6. The van der Waals surface area contributed by atoms with Crippen LogP contribution in [-0.2, 0) is 33.1 Å². The number of fused-ring (bicyclic) bond motifs is 3. The van der Waals surface area contributed by atoms with Gasteiger partial charge in [-0.05, 0) is 122 Å². The van der Waals surface area contributed by atoms with Gasteiger partial charge in [-0.3, -0.25) is 43.0 Å². The topological polar surface area (TPSA) is 398 Å². The van der Waals surface area contributed by atoms with E-state index in [4.69, 9.17) is 17.2 Å². The van der Waals surface area contributed by atoms with Gasteiger partial charge in [0.2, 0.25) is 11.9 Å².